The highest BCUT2D eigenvalue weighted by atomic mass is 16.3. The van der Waals surface area contributed by atoms with E-state index in [1.165, 1.54) is 54.9 Å². The number of fused-ring (bicyclic) bond motifs is 9. The topological polar surface area (TPSA) is 16.4 Å². The maximum Gasteiger partial charge on any atom is 0.159 e. The summed E-state index contributed by atoms with van der Waals surface area (Å²) in [5.41, 5.74) is 12.5. The van der Waals surface area contributed by atoms with Crippen LogP contribution in [0.4, 0.5) is 17.1 Å². The van der Waals surface area contributed by atoms with Gasteiger partial charge in [-0.2, -0.15) is 0 Å². The average Bonchev–Trinajstić information content (AvgIpc) is 3.65. The Morgan fingerprint density at radius 3 is 1.88 bits per heavy atom. The van der Waals surface area contributed by atoms with Crippen LogP contribution in [0, 0.1) is 0 Å². The lowest BCUT2D eigenvalue weighted by atomic mass is 9.82. The summed E-state index contributed by atoms with van der Waals surface area (Å²) in [6, 6.07) is 59.3. The summed E-state index contributed by atoms with van der Waals surface area (Å²) >= 11 is 0. The van der Waals surface area contributed by atoms with E-state index in [-0.39, 0.29) is 5.41 Å². The lowest BCUT2D eigenvalue weighted by Crippen LogP contribution is -2.16. The lowest BCUT2D eigenvalue weighted by molar-refractivity contribution is 0.660. The summed E-state index contributed by atoms with van der Waals surface area (Å²) in [5, 5.41) is 7.14. The Bertz CT molecular complexity index is 2760. The third kappa shape index (κ3) is 4.01. The van der Waals surface area contributed by atoms with E-state index >= 15 is 0 Å². The van der Waals surface area contributed by atoms with Crippen molar-refractivity contribution < 1.29 is 4.42 Å². The van der Waals surface area contributed by atoms with Crippen molar-refractivity contribution in [1.29, 1.82) is 0 Å². The summed E-state index contributed by atoms with van der Waals surface area (Å²) < 4.78 is 6.92. The summed E-state index contributed by atoms with van der Waals surface area (Å²) in [7, 11) is 0. The smallest absolute Gasteiger partial charge is 0.159 e. The minimum absolute atomic E-state index is 0.132. The highest BCUT2D eigenvalue weighted by molar-refractivity contribution is 6.21. The van der Waals surface area contributed by atoms with Gasteiger partial charge >= 0.3 is 0 Å². The van der Waals surface area contributed by atoms with Crippen molar-refractivity contribution in [2.45, 2.75) is 19.3 Å². The Hall–Kier alpha value is -6.12. The monoisotopic (exact) mass is 627 g/mol. The van der Waals surface area contributed by atoms with E-state index in [1.54, 1.807) is 0 Å². The molecule has 0 fully saturated rings. The summed E-state index contributed by atoms with van der Waals surface area (Å²) in [4.78, 5) is 2.46. The van der Waals surface area contributed by atoms with Gasteiger partial charge in [0.1, 0.15) is 5.58 Å². The van der Waals surface area contributed by atoms with Crippen LogP contribution in [-0.4, -0.2) is 0 Å². The number of hydrogen-bond donors (Lipinski definition) is 0. The predicted molar refractivity (Wildman–Crippen MR) is 206 cm³/mol. The third-order valence-electron chi connectivity index (χ3n) is 10.7. The van der Waals surface area contributed by atoms with Crippen LogP contribution in [-0.2, 0) is 5.41 Å². The molecule has 0 radical (unpaired) electrons. The third-order valence-corrected chi connectivity index (χ3v) is 10.7. The van der Waals surface area contributed by atoms with Crippen molar-refractivity contribution in [3.8, 4) is 22.3 Å². The molecule has 0 atom stereocenters. The number of anilines is 3. The van der Waals surface area contributed by atoms with E-state index in [0.29, 0.717) is 0 Å². The Morgan fingerprint density at radius 1 is 0.429 bits per heavy atom. The van der Waals surface area contributed by atoms with Gasteiger partial charge in [0.05, 0.1) is 17.1 Å². The molecular weight excluding hydrogens is 595 g/mol. The van der Waals surface area contributed by atoms with Crippen LogP contribution in [0.3, 0.4) is 0 Å². The molecule has 0 saturated heterocycles. The second-order valence-electron chi connectivity index (χ2n) is 13.7. The number of rotatable bonds is 4. The fourth-order valence-electron chi connectivity index (χ4n) is 8.40. The molecule has 0 amide bonds. The van der Waals surface area contributed by atoms with Crippen molar-refractivity contribution in [3.63, 3.8) is 0 Å². The molecule has 0 bridgehead atoms. The lowest BCUT2D eigenvalue weighted by Gasteiger charge is -2.30. The van der Waals surface area contributed by atoms with Gasteiger partial charge in [0.2, 0.25) is 0 Å². The zero-order valence-electron chi connectivity index (χ0n) is 27.4. The van der Waals surface area contributed by atoms with Gasteiger partial charge < -0.3 is 9.32 Å². The molecule has 1 aromatic heterocycles. The van der Waals surface area contributed by atoms with Crippen LogP contribution in [0.2, 0.25) is 0 Å². The number of nitrogens with zero attached hydrogens (tertiary/aromatic N) is 1. The van der Waals surface area contributed by atoms with Gasteiger partial charge in [-0.05, 0) is 68.1 Å². The average molecular weight is 628 g/mol. The minimum atomic E-state index is -0.132. The molecule has 0 unspecified atom stereocenters. The number of furan rings is 1. The fourth-order valence-corrected chi connectivity index (χ4v) is 8.40. The Balaban J connectivity index is 1.33. The molecule has 232 valence electrons. The number of hydrogen-bond acceptors (Lipinski definition) is 2. The second-order valence-corrected chi connectivity index (χ2v) is 13.7. The first-order valence-corrected chi connectivity index (χ1v) is 17.0. The Morgan fingerprint density at radius 2 is 1.00 bits per heavy atom. The molecule has 0 N–H and O–H groups in total. The van der Waals surface area contributed by atoms with Gasteiger partial charge in [-0.25, -0.2) is 0 Å². The molecular formula is C47H33NO. The van der Waals surface area contributed by atoms with E-state index in [1.807, 2.05) is 0 Å². The van der Waals surface area contributed by atoms with Crippen molar-refractivity contribution >= 4 is 60.5 Å². The van der Waals surface area contributed by atoms with E-state index in [0.717, 1.165) is 39.0 Å². The number of para-hydroxylation sites is 2. The molecule has 49 heavy (non-hydrogen) atoms. The first kappa shape index (κ1) is 27.9. The van der Waals surface area contributed by atoms with Gasteiger partial charge in [-0.15, -0.1) is 0 Å². The molecule has 0 spiro atoms. The zero-order chi connectivity index (χ0) is 32.7. The standard InChI is InChI=1S/C47H33NO/c1-47(2)38-23-9-7-20-36(38)45-39(47)24-13-26-41(45)48(40-25-10-8-19-35(40)34-21-11-16-30-14-3-5-17-32(30)34)42-27-12-22-37-44-33-18-6-4-15-31(33)28-29-43(44)49-46(37)42/h3-29H,1-2H3. The molecule has 1 heterocycles. The van der Waals surface area contributed by atoms with E-state index in [2.05, 4.69) is 183 Å². The minimum Gasteiger partial charge on any atom is -0.454 e. The van der Waals surface area contributed by atoms with Gasteiger partial charge in [-0.1, -0.05) is 153 Å². The number of benzene rings is 8. The van der Waals surface area contributed by atoms with Crippen LogP contribution in [0.25, 0.3) is 65.7 Å². The van der Waals surface area contributed by atoms with Gasteiger partial charge in [0, 0.05) is 27.3 Å². The van der Waals surface area contributed by atoms with E-state index in [9.17, 15) is 0 Å². The zero-order valence-corrected chi connectivity index (χ0v) is 27.4. The molecule has 8 aromatic carbocycles. The molecule has 0 aliphatic heterocycles. The second kappa shape index (κ2) is 10.4. The SMILES string of the molecule is CC1(C)c2ccccc2-c2c(N(c3ccccc3-c3cccc4ccccc34)c3cccc4c3oc3ccc5ccccc5c34)cccc21. The molecule has 1 aliphatic carbocycles. The molecule has 9 aromatic rings. The summed E-state index contributed by atoms with van der Waals surface area (Å²) in [6.07, 6.45) is 0. The molecule has 0 saturated carbocycles. The quantitative estimate of drug-likeness (QED) is 0.193. The Labute approximate surface area is 285 Å². The van der Waals surface area contributed by atoms with Crippen molar-refractivity contribution in [1.82, 2.24) is 0 Å². The van der Waals surface area contributed by atoms with Crippen molar-refractivity contribution in [2.24, 2.45) is 0 Å². The Kier molecular flexibility index (Phi) is 5.95. The van der Waals surface area contributed by atoms with Crippen LogP contribution >= 0.6 is 0 Å². The fraction of sp³-hybridized carbons (Fsp3) is 0.0638. The van der Waals surface area contributed by atoms with E-state index < -0.39 is 0 Å². The molecule has 2 heteroatoms. The van der Waals surface area contributed by atoms with Crippen LogP contribution < -0.4 is 4.90 Å². The first-order chi connectivity index (χ1) is 24.1. The molecule has 10 rings (SSSR count). The first-order valence-electron chi connectivity index (χ1n) is 17.0. The van der Waals surface area contributed by atoms with Crippen molar-refractivity contribution in [2.75, 3.05) is 4.90 Å². The predicted octanol–water partition coefficient (Wildman–Crippen LogP) is 13.3. The van der Waals surface area contributed by atoms with Gasteiger partial charge in [-0.3, -0.25) is 0 Å². The van der Waals surface area contributed by atoms with Crippen molar-refractivity contribution in [3.05, 3.63) is 175 Å². The molecule has 1 aliphatic rings. The van der Waals surface area contributed by atoms with Crippen LogP contribution in [0.15, 0.2) is 168 Å². The normalized spacial score (nSPS) is 13.3. The highest BCUT2D eigenvalue weighted by Gasteiger charge is 2.38. The van der Waals surface area contributed by atoms with Crippen LogP contribution in [0.5, 0.6) is 0 Å². The van der Waals surface area contributed by atoms with E-state index in [4.69, 9.17) is 4.42 Å². The van der Waals surface area contributed by atoms with Gasteiger partial charge in [0.25, 0.3) is 0 Å². The highest BCUT2D eigenvalue weighted by Crippen LogP contribution is 2.56. The summed E-state index contributed by atoms with van der Waals surface area (Å²) in [6.45, 7) is 4.70. The molecule has 2 nitrogen and oxygen atoms in total. The van der Waals surface area contributed by atoms with Gasteiger partial charge in [0.15, 0.2) is 5.58 Å². The maximum atomic E-state index is 6.92. The summed E-state index contributed by atoms with van der Waals surface area (Å²) in [5.74, 6) is 0. The van der Waals surface area contributed by atoms with Crippen LogP contribution in [0.1, 0.15) is 25.0 Å². The maximum absolute atomic E-state index is 6.92. The largest absolute Gasteiger partial charge is 0.454 e.